The molecule has 0 atom stereocenters. The third-order valence-corrected chi connectivity index (χ3v) is 4.17. The molecule has 4 nitrogen and oxygen atoms in total. The van der Waals surface area contributed by atoms with Crippen molar-refractivity contribution in [2.24, 2.45) is 0 Å². The van der Waals surface area contributed by atoms with Gasteiger partial charge in [-0.15, -0.1) is 0 Å². The second-order valence-electron chi connectivity index (χ2n) is 5.63. The fraction of sp³-hybridized carbons (Fsp3) is 0.158. The van der Waals surface area contributed by atoms with Crippen LogP contribution in [0.5, 0.6) is 0 Å². The van der Waals surface area contributed by atoms with Gasteiger partial charge in [0.15, 0.2) is 0 Å². The van der Waals surface area contributed by atoms with Gasteiger partial charge >= 0.3 is 0 Å². The largest absolute Gasteiger partial charge is 0.428 e. The van der Waals surface area contributed by atoms with Crippen LogP contribution in [0.4, 0.5) is 20.5 Å². The summed E-state index contributed by atoms with van der Waals surface area (Å²) in [5, 5.41) is 12.1. The number of hydrogen-bond donors (Lipinski definition) is 1. The lowest BCUT2D eigenvalue weighted by molar-refractivity contribution is 0.510. The van der Waals surface area contributed by atoms with Crippen LogP contribution in [0, 0.1) is 23.0 Å². The molecule has 26 heavy (non-hydrogen) atoms. The molecule has 1 heterocycles. The summed E-state index contributed by atoms with van der Waals surface area (Å²) < 4.78 is 33.7. The van der Waals surface area contributed by atoms with E-state index in [2.05, 4.69) is 10.3 Å². The van der Waals surface area contributed by atoms with Gasteiger partial charge in [-0.1, -0.05) is 18.5 Å². The highest BCUT2D eigenvalue weighted by molar-refractivity contribution is 6.32. The van der Waals surface area contributed by atoms with Crippen LogP contribution in [0.3, 0.4) is 0 Å². The van der Waals surface area contributed by atoms with Crippen molar-refractivity contribution in [3.63, 3.8) is 0 Å². The molecule has 0 spiro atoms. The SMILES string of the molecule is CCc1cc(F)c(Cc2cnc(Nc3ccc(C#N)c(Cl)c3)o2)c(F)c1. The first kappa shape index (κ1) is 17.9. The van der Waals surface area contributed by atoms with E-state index in [0.717, 1.165) is 0 Å². The molecule has 0 bridgehead atoms. The molecule has 132 valence electrons. The van der Waals surface area contributed by atoms with Gasteiger partial charge in [0.25, 0.3) is 6.01 Å². The second-order valence-corrected chi connectivity index (χ2v) is 6.04. The Kier molecular flexibility index (Phi) is 5.19. The third-order valence-electron chi connectivity index (χ3n) is 3.85. The van der Waals surface area contributed by atoms with Gasteiger partial charge in [-0.25, -0.2) is 13.8 Å². The molecule has 0 aliphatic rings. The van der Waals surface area contributed by atoms with Gasteiger partial charge in [0.1, 0.15) is 23.5 Å². The van der Waals surface area contributed by atoms with Crippen LogP contribution < -0.4 is 5.32 Å². The van der Waals surface area contributed by atoms with E-state index in [9.17, 15) is 8.78 Å². The van der Waals surface area contributed by atoms with E-state index in [1.54, 1.807) is 18.2 Å². The highest BCUT2D eigenvalue weighted by Gasteiger charge is 2.14. The molecule has 0 unspecified atom stereocenters. The van der Waals surface area contributed by atoms with Crippen LogP contribution in [0.2, 0.25) is 5.02 Å². The fourth-order valence-electron chi connectivity index (χ4n) is 2.46. The Balaban J connectivity index is 1.77. The Morgan fingerprint density at radius 2 is 1.96 bits per heavy atom. The molecular formula is C19H14ClF2N3O. The first-order valence-corrected chi connectivity index (χ1v) is 8.26. The summed E-state index contributed by atoms with van der Waals surface area (Å²) in [6.45, 7) is 1.83. The number of oxazole rings is 1. The minimum atomic E-state index is -0.605. The molecule has 2 aromatic carbocycles. The number of halogens is 3. The van der Waals surface area contributed by atoms with Crippen LogP contribution in [0.15, 0.2) is 40.9 Å². The molecule has 3 aromatic rings. The Labute approximate surface area is 154 Å². The van der Waals surface area contributed by atoms with E-state index < -0.39 is 11.6 Å². The van der Waals surface area contributed by atoms with Crippen molar-refractivity contribution in [1.29, 1.82) is 5.26 Å². The maximum atomic E-state index is 14.1. The van der Waals surface area contributed by atoms with E-state index in [1.165, 1.54) is 18.3 Å². The molecule has 0 amide bonds. The lowest BCUT2D eigenvalue weighted by atomic mass is 10.0. The van der Waals surface area contributed by atoms with Crippen molar-refractivity contribution in [3.05, 3.63) is 75.6 Å². The number of nitrogens with zero attached hydrogens (tertiary/aromatic N) is 2. The molecule has 0 saturated heterocycles. The minimum Gasteiger partial charge on any atom is -0.428 e. The van der Waals surface area contributed by atoms with Crippen molar-refractivity contribution in [1.82, 2.24) is 4.98 Å². The van der Waals surface area contributed by atoms with Crippen LogP contribution in [-0.2, 0) is 12.8 Å². The monoisotopic (exact) mass is 373 g/mol. The number of rotatable bonds is 5. The van der Waals surface area contributed by atoms with Crippen LogP contribution >= 0.6 is 11.6 Å². The van der Waals surface area contributed by atoms with Gasteiger partial charge in [0.2, 0.25) is 0 Å². The minimum absolute atomic E-state index is 0.0511. The number of nitrogens with one attached hydrogen (secondary N) is 1. The number of anilines is 2. The predicted octanol–water partition coefficient (Wildman–Crippen LogP) is 5.37. The van der Waals surface area contributed by atoms with Crippen molar-refractivity contribution < 1.29 is 13.2 Å². The molecule has 1 aromatic heterocycles. The zero-order chi connectivity index (χ0) is 18.7. The van der Waals surface area contributed by atoms with Crippen LogP contribution in [0.25, 0.3) is 0 Å². The molecule has 3 rings (SSSR count). The molecule has 0 aliphatic heterocycles. The van der Waals surface area contributed by atoms with E-state index in [-0.39, 0.29) is 18.0 Å². The van der Waals surface area contributed by atoms with E-state index in [0.29, 0.717) is 34.0 Å². The molecule has 0 radical (unpaired) electrons. The lowest BCUT2D eigenvalue weighted by Gasteiger charge is -2.06. The summed E-state index contributed by atoms with van der Waals surface area (Å²) in [6, 6.07) is 9.55. The van der Waals surface area contributed by atoms with Gasteiger partial charge < -0.3 is 9.73 Å². The van der Waals surface area contributed by atoms with Gasteiger partial charge in [-0.2, -0.15) is 5.26 Å². The Bertz CT molecular complexity index is 972. The fourth-order valence-corrected chi connectivity index (χ4v) is 2.68. The first-order valence-electron chi connectivity index (χ1n) is 7.88. The van der Waals surface area contributed by atoms with Crippen LogP contribution in [0.1, 0.15) is 29.4 Å². The van der Waals surface area contributed by atoms with Gasteiger partial charge in [-0.05, 0) is 42.3 Å². The summed E-state index contributed by atoms with van der Waals surface area (Å²) in [7, 11) is 0. The van der Waals surface area contributed by atoms with Gasteiger partial charge in [0, 0.05) is 17.7 Å². The Morgan fingerprint density at radius 3 is 2.58 bits per heavy atom. The molecule has 0 saturated carbocycles. The summed E-state index contributed by atoms with van der Waals surface area (Å²) in [6.07, 6.45) is 1.91. The highest BCUT2D eigenvalue weighted by Crippen LogP contribution is 2.25. The quantitative estimate of drug-likeness (QED) is 0.652. The van der Waals surface area contributed by atoms with E-state index >= 15 is 0 Å². The standard InChI is InChI=1S/C19H14ClF2N3O/c1-2-11-5-17(21)15(18(22)6-11)8-14-10-24-19(26-14)25-13-4-3-12(9-23)16(20)7-13/h3-7,10H,2,8H2,1H3,(H,24,25). The summed E-state index contributed by atoms with van der Waals surface area (Å²) in [4.78, 5) is 4.04. The highest BCUT2D eigenvalue weighted by atomic mass is 35.5. The molecular weight excluding hydrogens is 360 g/mol. The smallest absolute Gasteiger partial charge is 0.299 e. The summed E-state index contributed by atoms with van der Waals surface area (Å²) in [5.74, 6) is -0.896. The van der Waals surface area contributed by atoms with Crippen LogP contribution in [-0.4, -0.2) is 4.98 Å². The van der Waals surface area contributed by atoms with E-state index in [4.69, 9.17) is 21.3 Å². The number of aryl methyl sites for hydroxylation is 1. The molecule has 1 N–H and O–H groups in total. The van der Waals surface area contributed by atoms with Gasteiger partial charge in [0.05, 0.1) is 16.8 Å². The number of nitriles is 1. The third kappa shape index (κ3) is 3.84. The Hall–Kier alpha value is -2.91. The average molecular weight is 374 g/mol. The van der Waals surface area contributed by atoms with Crippen molar-refractivity contribution in [3.8, 4) is 6.07 Å². The molecule has 7 heteroatoms. The lowest BCUT2D eigenvalue weighted by Crippen LogP contribution is -1.99. The number of benzene rings is 2. The summed E-state index contributed by atoms with van der Waals surface area (Å²) >= 11 is 5.97. The van der Waals surface area contributed by atoms with Crippen molar-refractivity contribution in [2.75, 3.05) is 5.32 Å². The zero-order valence-corrected chi connectivity index (χ0v) is 14.6. The molecule has 0 fully saturated rings. The van der Waals surface area contributed by atoms with Crippen molar-refractivity contribution >= 4 is 23.3 Å². The maximum absolute atomic E-state index is 14.1. The van der Waals surface area contributed by atoms with Crippen molar-refractivity contribution in [2.45, 2.75) is 19.8 Å². The zero-order valence-electron chi connectivity index (χ0n) is 13.8. The maximum Gasteiger partial charge on any atom is 0.299 e. The predicted molar refractivity (Wildman–Crippen MR) is 94.5 cm³/mol. The number of aromatic nitrogens is 1. The normalized spacial score (nSPS) is 10.6. The second kappa shape index (κ2) is 7.54. The average Bonchev–Trinajstić information content (AvgIpc) is 3.05. The molecule has 0 aliphatic carbocycles. The van der Waals surface area contributed by atoms with Gasteiger partial charge in [-0.3, -0.25) is 0 Å². The van der Waals surface area contributed by atoms with E-state index in [1.807, 2.05) is 13.0 Å². The number of hydrogen-bond acceptors (Lipinski definition) is 4. The topological polar surface area (TPSA) is 61.9 Å². The summed E-state index contributed by atoms with van der Waals surface area (Å²) in [5.41, 5.74) is 1.46. The first-order chi connectivity index (χ1) is 12.5. The Morgan fingerprint density at radius 1 is 1.23 bits per heavy atom.